The number of rotatable bonds is 1. The third-order valence-electron chi connectivity index (χ3n) is 1.51. The quantitative estimate of drug-likeness (QED) is 0.720. The van der Waals surface area contributed by atoms with Gasteiger partial charge in [-0.2, -0.15) is 5.26 Å². The van der Waals surface area contributed by atoms with E-state index < -0.39 is 0 Å². The van der Waals surface area contributed by atoms with Gasteiger partial charge in [-0.1, -0.05) is 0 Å². The van der Waals surface area contributed by atoms with Crippen molar-refractivity contribution in [1.82, 2.24) is 0 Å². The molecule has 1 aromatic heterocycles. The first-order valence-electron chi connectivity index (χ1n) is 3.30. The van der Waals surface area contributed by atoms with Crippen LogP contribution in [0.3, 0.4) is 0 Å². The molecule has 0 N–H and O–H groups in total. The van der Waals surface area contributed by atoms with Crippen molar-refractivity contribution in [3.63, 3.8) is 0 Å². The standard InChI is InChI=1S/C8H8BrNO/c1-5-3-7(9)11-8(5)6(2)4-10/h3,6H,1-2H3. The van der Waals surface area contributed by atoms with Crippen LogP contribution in [0.15, 0.2) is 15.2 Å². The first kappa shape index (κ1) is 8.35. The topological polar surface area (TPSA) is 36.9 Å². The number of hydrogen-bond acceptors (Lipinski definition) is 2. The van der Waals surface area contributed by atoms with E-state index in [0.29, 0.717) is 4.67 Å². The Morgan fingerprint density at radius 1 is 1.73 bits per heavy atom. The lowest BCUT2D eigenvalue weighted by Crippen LogP contribution is -1.87. The van der Waals surface area contributed by atoms with Crippen molar-refractivity contribution in [2.75, 3.05) is 0 Å². The van der Waals surface area contributed by atoms with Crippen LogP contribution in [0, 0.1) is 18.3 Å². The van der Waals surface area contributed by atoms with Crippen LogP contribution in [0.25, 0.3) is 0 Å². The third kappa shape index (κ3) is 1.63. The summed E-state index contributed by atoms with van der Waals surface area (Å²) in [5, 5.41) is 8.60. The minimum Gasteiger partial charge on any atom is -0.453 e. The Bertz CT molecular complexity index is 298. The van der Waals surface area contributed by atoms with Crippen LogP contribution in [0.2, 0.25) is 0 Å². The molecule has 1 unspecified atom stereocenters. The minimum absolute atomic E-state index is 0.165. The lowest BCUT2D eigenvalue weighted by molar-refractivity contribution is 0.478. The fourth-order valence-corrected chi connectivity index (χ4v) is 1.46. The lowest BCUT2D eigenvalue weighted by Gasteiger charge is -1.96. The number of nitrogens with zero attached hydrogens (tertiary/aromatic N) is 1. The molecule has 0 aliphatic heterocycles. The number of hydrogen-bond donors (Lipinski definition) is 0. The monoisotopic (exact) mass is 213 g/mol. The van der Waals surface area contributed by atoms with Crippen LogP contribution in [0.5, 0.6) is 0 Å². The normalized spacial score (nSPS) is 12.5. The molecule has 0 fully saturated rings. The number of furan rings is 1. The lowest BCUT2D eigenvalue weighted by atomic mass is 10.1. The zero-order chi connectivity index (χ0) is 8.43. The van der Waals surface area contributed by atoms with Crippen LogP contribution < -0.4 is 0 Å². The Hall–Kier alpha value is -0.750. The highest BCUT2D eigenvalue weighted by atomic mass is 79.9. The van der Waals surface area contributed by atoms with Gasteiger partial charge < -0.3 is 4.42 Å². The molecular formula is C8H8BrNO. The van der Waals surface area contributed by atoms with Gasteiger partial charge in [0, 0.05) is 0 Å². The molecule has 1 atom stereocenters. The molecule has 0 bridgehead atoms. The second kappa shape index (κ2) is 3.10. The minimum atomic E-state index is -0.165. The van der Waals surface area contributed by atoms with E-state index in [9.17, 15) is 0 Å². The smallest absolute Gasteiger partial charge is 0.169 e. The van der Waals surface area contributed by atoms with E-state index in [1.165, 1.54) is 0 Å². The van der Waals surface area contributed by atoms with Crippen molar-refractivity contribution in [3.8, 4) is 6.07 Å². The summed E-state index contributed by atoms with van der Waals surface area (Å²) in [6.45, 7) is 3.75. The summed E-state index contributed by atoms with van der Waals surface area (Å²) in [6, 6.07) is 3.99. The van der Waals surface area contributed by atoms with Crippen molar-refractivity contribution in [2.24, 2.45) is 0 Å². The molecule has 58 valence electrons. The van der Waals surface area contributed by atoms with Gasteiger partial charge in [0.2, 0.25) is 0 Å². The highest BCUT2D eigenvalue weighted by molar-refractivity contribution is 9.10. The average molecular weight is 214 g/mol. The summed E-state index contributed by atoms with van der Waals surface area (Å²) in [7, 11) is 0. The summed E-state index contributed by atoms with van der Waals surface area (Å²) in [4.78, 5) is 0. The molecule has 0 saturated carbocycles. The van der Waals surface area contributed by atoms with Crippen molar-refractivity contribution < 1.29 is 4.42 Å². The summed E-state index contributed by atoms with van der Waals surface area (Å²) < 4.78 is 5.95. The Kier molecular flexibility index (Phi) is 2.35. The van der Waals surface area contributed by atoms with Gasteiger partial charge in [-0.05, 0) is 41.4 Å². The molecule has 0 aliphatic carbocycles. The van der Waals surface area contributed by atoms with Crippen LogP contribution >= 0.6 is 15.9 Å². The summed E-state index contributed by atoms with van der Waals surface area (Å²) in [6.07, 6.45) is 0. The Morgan fingerprint density at radius 3 is 2.73 bits per heavy atom. The summed E-state index contributed by atoms with van der Waals surface area (Å²) >= 11 is 3.20. The second-order valence-corrected chi connectivity index (χ2v) is 3.23. The van der Waals surface area contributed by atoms with Crippen LogP contribution in [0.1, 0.15) is 24.2 Å². The molecule has 0 radical (unpaired) electrons. The molecule has 0 amide bonds. The Morgan fingerprint density at radius 2 is 2.36 bits per heavy atom. The SMILES string of the molecule is Cc1cc(Br)oc1C(C)C#N. The van der Waals surface area contributed by atoms with E-state index in [2.05, 4.69) is 22.0 Å². The average Bonchev–Trinajstić information content (AvgIpc) is 2.28. The maximum Gasteiger partial charge on any atom is 0.169 e. The predicted molar refractivity (Wildman–Crippen MR) is 45.2 cm³/mol. The first-order valence-corrected chi connectivity index (χ1v) is 4.10. The molecule has 0 saturated heterocycles. The van der Waals surface area contributed by atoms with Gasteiger partial charge in [0.15, 0.2) is 4.67 Å². The van der Waals surface area contributed by atoms with E-state index in [1.54, 1.807) is 0 Å². The molecule has 3 heteroatoms. The van der Waals surface area contributed by atoms with Crippen molar-refractivity contribution in [1.29, 1.82) is 5.26 Å². The fraction of sp³-hybridized carbons (Fsp3) is 0.375. The number of aryl methyl sites for hydroxylation is 1. The summed E-state index contributed by atoms with van der Waals surface area (Å²) in [5.41, 5.74) is 1.02. The van der Waals surface area contributed by atoms with Gasteiger partial charge in [-0.3, -0.25) is 0 Å². The highest BCUT2D eigenvalue weighted by Crippen LogP contribution is 2.25. The Balaban J connectivity index is 3.05. The Labute approximate surface area is 73.9 Å². The molecule has 2 nitrogen and oxygen atoms in total. The van der Waals surface area contributed by atoms with Gasteiger partial charge >= 0.3 is 0 Å². The second-order valence-electron chi connectivity index (χ2n) is 2.45. The third-order valence-corrected chi connectivity index (χ3v) is 1.90. The molecule has 0 spiro atoms. The molecular weight excluding hydrogens is 206 g/mol. The number of nitriles is 1. The van der Waals surface area contributed by atoms with E-state index in [4.69, 9.17) is 9.68 Å². The van der Waals surface area contributed by atoms with Gasteiger partial charge in [-0.15, -0.1) is 0 Å². The summed E-state index contributed by atoms with van der Waals surface area (Å²) in [5.74, 6) is 0.584. The highest BCUT2D eigenvalue weighted by Gasteiger charge is 2.12. The molecule has 1 aromatic rings. The molecule has 11 heavy (non-hydrogen) atoms. The van der Waals surface area contributed by atoms with Crippen molar-refractivity contribution in [2.45, 2.75) is 19.8 Å². The molecule has 1 heterocycles. The first-order chi connectivity index (χ1) is 5.15. The molecule has 0 aliphatic rings. The zero-order valence-corrected chi connectivity index (χ0v) is 7.97. The van der Waals surface area contributed by atoms with Crippen LogP contribution in [0.4, 0.5) is 0 Å². The van der Waals surface area contributed by atoms with E-state index in [-0.39, 0.29) is 5.92 Å². The van der Waals surface area contributed by atoms with E-state index in [1.807, 2.05) is 19.9 Å². The van der Waals surface area contributed by atoms with Gasteiger partial charge in [0.05, 0.1) is 6.07 Å². The fourth-order valence-electron chi connectivity index (χ4n) is 0.945. The van der Waals surface area contributed by atoms with Crippen molar-refractivity contribution >= 4 is 15.9 Å². The van der Waals surface area contributed by atoms with Gasteiger partial charge in [0.1, 0.15) is 11.7 Å². The molecule has 1 rings (SSSR count). The zero-order valence-electron chi connectivity index (χ0n) is 6.39. The number of halogens is 1. The maximum absolute atomic E-state index is 8.60. The van der Waals surface area contributed by atoms with Gasteiger partial charge in [-0.25, -0.2) is 0 Å². The maximum atomic E-state index is 8.60. The predicted octanol–water partition coefficient (Wildman–Crippen LogP) is 2.98. The van der Waals surface area contributed by atoms with Gasteiger partial charge in [0.25, 0.3) is 0 Å². The van der Waals surface area contributed by atoms with E-state index in [0.717, 1.165) is 11.3 Å². The van der Waals surface area contributed by atoms with Crippen molar-refractivity contribution in [3.05, 3.63) is 22.1 Å². The van der Waals surface area contributed by atoms with Crippen LogP contribution in [-0.4, -0.2) is 0 Å². The van der Waals surface area contributed by atoms with Crippen LogP contribution in [-0.2, 0) is 0 Å². The molecule has 0 aromatic carbocycles. The largest absolute Gasteiger partial charge is 0.453 e. The van der Waals surface area contributed by atoms with E-state index >= 15 is 0 Å².